The molecule has 1 aromatic carbocycles. The number of nitrogens with one attached hydrogen (secondary N) is 1. The fraction of sp³-hybridized carbons (Fsp3) is 0.562. The normalized spacial score (nSPS) is 22.4. The zero-order valence-corrected chi connectivity index (χ0v) is 12.9. The molecular weight excluding hydrogens is 330 g/mol. The first-order valence-electron chi connectivity index (χ1n) is 7.55. The topological polar surface area (TPSA) is 58.6 Å². The maximum atomic E-state index is 14.2. The van der Waals surface area contributed by atoms with Gasteiger partial charge in [0.2, 0.25) is 6.17 Å². The van der Waals surface area contributed by atoms with Crippen molar-refractivity contribution in [3.05, 3.63) is 35.4 Å². The van der Waals surface area contributed by atoms with Gasteiger partial charge in [-0.3, -0.25) is 4.79 Å². The minimum absolute atomic E-state index is 0.0722. The predicted octanol–water partition coefficient (Wildman–Crippen LogP) is 2.62. The molecule has 0 bridgehead atoms. The van der Waals surface area contributed by atoms with Crippen molar-refractivity contribution >= 4 is 5.91 Å². The van der Waals surface area contributed by atoms with Crippen molar-refractivity contribution < 1.29 is 32.2 Å². The van der Waals surface area contributed by atoms with Crippen LogP contribution in [0.2, 0.25) is 0 Å². The van der Waals surface area contributed by atoms with Gasteiger partial charge < -0.3 is 15.2 Å². The number of halogens is 4. The first-order chi connectivity index (χ1) is 11.3. The van der Waals surface area contributed by atoms with Gasteiger partial charge in [-0.05, 0) is 30.5 Å². The van der Waals surface area contributed by atoms with Crippen molar-refractivity contribution in [2.45, 2.75) is 25.2 Å². The Kier molecular flexibility index (Phi) is 5.82. The second-order valence-corrected chi connectivity index (χ2v) is 5.98. The summed E-state index contributed by atoms with van der Waals surface area (Å²) in [6, 6.07) is 3.39. The number of amides is 1. The molecule has 0 aliphatic carbocycles. The van der Waals surface area contributed by atoms with E-state index in [1.807, 2.05) is 0 Å². The molecule has 2 rings (SSSR count). The van der Waals surface area contributed by atoms with E-state index in [-0.39, 0.29) is 18.7 Å². The molecule has 0 unspecified atom stereocenters. The number of hydrogen-bond donors (Lipinski definition) is 2. The average Bonchev–Trinajstić information content (AvgIpc) is 3.00. The third kappa shape index (κ3) is 4.45. The molecule has 8 heteroatoms. The summed E-state index contributed by atoms with van der Waals surface area (Å²) in [4.78, 5) is 11.9. The van der Waals surface area contributed by atoms with E-state index >= 15 is 0 Å². The summed E-state index contributed by atoms with van der Waals surface area (Å²) >= 11 is 0. The number of hydrogen-bond acceptors (Lipinski definition) is 3. The van der Waals surface area contributed by atoms with Gasteiger partial charge in [0.05, 0.1) is 12.2 Å². The van der Waals surface area contributed by atoms with Gasteiger partial charge in [0, 0.05) is 25.2 Å². The Bertz CT molecular complexity index is 553. The summed E-state index contributed by atoms with van der Waals surface area (Å²) in [5, 5.41) is 11.6. The van der Waals surface area contributed by atoms with Gasteiger partial charge in [0.15, 0.2) is 0 Å². The summed E-state index contributed by atoms with van der Waals surface area (Å²) < 4.78 is 56.9. The Labute approximate surface area is 136 Å². The number of aliphatic hydroxyl groups excluding tert-OH is 1. The molecular formula is C16H19F4NO3. The molecule has 24 heavy (non-hydrogen) atoms. The van der Waals surface area contributed by atoms with Crippen LogP contribution < -0.4 is 5.32 Å². The standard InChI is InChI=1S/C16H19F4NO3/c17-13(11-1-3-12(4-2-11)16(18,19)20)14(23)21-9-15(5-7-22)6-8-24-10-15/h1-4,13,22H,5-10H2,(H,21,23)/t13-,15+/m1/s1. The molecule has 1 fully saturated rings. The van der Waals surface area contributed by atoms with E-state index in [0.717, 1.165) is 24.3 Å². The van der Waals surface area contributed by atoms with Crippen LogP contribution in [0.1, 0.15) is 30.1 Å². The molecule has 1 aliphatic rings. The van der Waals surface area contributed by atoms with Gasteiger partial charge >= 0.3 is 6.18 Å². The van der Waals surface area contributed by atoms with E-state index in [1.54, 1.807) is 0 Å². The molecule has 0 saturated carbocycles. The molecule has 1 aliphatic heterocycles. The molecule has 2 atom stereocenters. The van der Waals surface area contributed by atoms with Gasteiger partial charge in [-0.2, -0.15) is 13.2 Å². The number of carbonyl (C=O) groups excluding carboxylic acids is 1. The van der Waals surface area contributed by atoms with Gasteiger partial charge in [-0.1, -0.05) is 12.1 Å². The summed E-state index contributed by atoms with van der Waals surface area (Å²) in [6.45, 7) is 0.948. The summed E-state index contributed by atoms with van der Waals surface area (Å²) in [5.74, 6) is -0.918. The van der Waals surface area contributed by atoms with E-state index in [0.29, 0.717) is 26.1 Å². The molecule has 0 spiro atoms. The van der Waals surface area contributed by atoms with Crippen LogP contribution in [0.25, 0.3) is 0 Å². The van der Waals surface area contributed by atoms with Crippen molar-refractivity contribution in [2.75, 3.05) is 26.4 Å². The highest BCUT2D eigenvalue weighted by molar-refractivity contribution is 5.82. The Morgan fingerprint density at radius 1 is 1.33 bits per heavy atom. The minimum atomic E-state index is -4.51. The van der Waals surface area contributed by atoms with Crippen molar-refractivity contribution in [3.63, 3.8) is 0 Å². The molecule has 2 N–H and O–H groups in total. The van der Waals surface area contributed by atoms with Crippen molar-refractivity contribution in [1.82, 2.24) is 5.32 Å². The number of alkyl halides is 4. The zero-order chi connectivity index (χ0) is 17.8. The van der Waals surface area contributed by atoms with Gasteiger partial charge in [-0.25, -0.2) is 4.39 Å². The number of aliphatic hydroxyl groups is 1. The average molecular weight is 349 g/mol. The lowest BCUT2D eigenvalue weighted by molar-refractivity contribution is -0.137. The lowest BCUT2D eigenvalue weighted by Crippen LogP contribution is -2.40. The predicted molar refractivity (Wildman–Crippen MR) is 77.9 cm³/mol. The molecule has 1 amide bonds. The Hall–Kier alpha value is -1.67. The SMILES string of the molecule is O=C(NC[C@]1(CCO)CCOC1)[C@H](F)c1ccc(C(F)(F)F)cc1. The van der Waals surface area contributed by atoms with Gasteiger partial charge in [0.1, 0.15) is 0 Å². The summed E-state index contributed by atoms with van der Waals surface area (Å²) in [7, 11) is 0. The molecule has 0 radical (unpaired) electrons. The number of carbonyl (C=O) groups is 1. The highest BCUT2D eigenvalue weighted by Gasteiger charge is 2.36. The fourth-order valence-corrected chi connectivity index (χ4v) is 2.67. The lowest BCUT2D eigenvalue weighted by atomic mass is 9.84. The second-order valence-electron chi connectivity index (χ2n) is 5.98. The number of ether oxygens (including phenoxy) is 1. The largest absolute Gasteiger partial charge is 0.416 e. The Balaban J connectivity index is 1.96. The van der Waals surface area contributed by atoms with Crippen LogP contribution >= 0.6 is 0 Å². The lowest BCUT2D eigenvalue weighted by Gasteiger charge is -2.27. The van der Waals surface area contributed by atoms with E-state index in [2.05, 4.69) is 5.32 Å². The molecule has 1 aromatic rings. The number of rotatable bonds is 6. The van der Waals surface area contributed by atoms with Crippen LogP contribution in [-0.2, 0) is 15.7 Å². The van der Waals surface area contributed by atoms with Crippen LogP contribution in [0, 0.1) is 5.41 Å². The summed E-state index contributed by atoms with van der Waals surface area (Å²) in [6.07, 6.45) is -5.50. The van der Waals surface area contributed by atoms with Crippen molar-refractivity contribution in [1.29, 1.82) is 0 Å². The monoisotopic (exact) mass is 349 g/mol. The van der Waals surface area contributed by atoms with E-state index in [9.17, 15) is 22.4 Å². The Morgan fingerprint density at radius 2 is 2.00 bits per heavy atom. The quantitative estimate of drug-likeness (QED) is 0.777. The van der Waals surface area contributed by atoms with Crippen LogP contribution in [0.3, 0.4) is 0 Å². The second kappa shape index (κ2) is 7.48. The van der Waals surface area contributed by atoms with E-state index in [1.165, 1.54) is 0 Å². The first-order valence-corrected chi connectivity index (χ1v) is 7.55. The maximum absolute atomic E-state index is 14.2. The highest BCUT2D eigenvalue weighted by atomic mass is 19.4. The smallest absolute Gasteiger partial charge is 0.396 e. The number of benzene rings is 1. The Morgan fingerprint density at radius 3 is 2.50 bits per heavy atom. The molecule has 1 saturated heterocycles. The zero-order valence-electron chi connectivity index (χ0n) is 12.9. The molecule has 134 valence electrons. The minimum Gasteiger partial charge on any atom is -0.396 e. The molecule has 0 aromatic heterocycles. The van der Waals surface area contributed by atoms with Crippen molar-refractivity contribution in [3.8, 4) is 0 Å². The van der Waals surface area contributed by atoms with E-state index < -0.39 is 29.2 Å². The van der Waals surface area contributed by atoms with Crippen LogP contribution in [0.4, 0.5) is 17.6 Å². The van der Waals surface area contributed by atoms with Crippen molar-refractivity contribution in [2.24, 2.45) is 5.41 Å². The third-order valence-corrected chi connectivity index (χ3v) is 4.23. The van der Waals surface area contributed by atoms with Gasteiger partial charge in [0.25, 0.3) is 5.91 Å². The van der Waals surface area contributed by atoms with Gasteiger partial charge in [-0.15, -0.1) is 0 Å². The van der Waals surface area contributed by atoms with E-state index in [4.69, 9.17) is 9.84 Å². The highest BCUT2D eigenvalue weighted by Crippen LogP contribution is 2.32. The summed E-state index contributed by atoms with van der Waals surface area (Å²) in [5.41, 5.74) is -1.46. The molecule has 1 heterocycles. The van der Waals surface area contributed by atoms with Crippen LogP contribution in [-0.4, -0.2) is 37.4 Å². The first kappa shape index (κ1) is 18.7. The molecule has 4 nitrogen and oxygen atoms in total. The maximum Gasteiger partial charge on any atom is 0.416 e. The fourth-order valence-electron chi connectivity index (χ4n) is 2.67. The third-order valence-electron chi connectivity index (χ3n) is 4.23. The van der Waals surface area contributed by atoms with Crippen LogP contribution in [0.5, 0.6) is 0 Å². The van der Waals surface area contributed by atoms with Crippen LogP contribution in [0.15, 0.2) is 24.3 Å².